The van der Waals surface area contributed by atoms with Gasteiger partial charge in [-0.15, -0.1) is 6.58 Å². The maximum absolute atomic E-state index is 5.42. The van der Waals surface area contributed by atoms with Crippen molar-refractivity contribution in [2.75, 3.05) is 20.8 Å². The summed E-state index contributed by atoms with van der Waals surface area (Å²) < 4.78 is 10.8. The number of ether oxygens (including phenoxy) is 2. The molecule has 1 unspecified atom stereocenters. The molecule has 1 aromatic rings. The zero-order valence-electron chi connectivity index (χ0n) is 12.2. The molecule has 0 radical (unpaired) electrons. The molecule has 0 spiro atoms. The van der Waals surface area contributed by atoms with Gasteiger partial charge in [0, 0.05) is 27.3 Å². The predicted molar refractivity (Wildman–Crippen MR) is 78.9 cm³/mol. The lowest BCUT2D eigenvalue weighted by Gasteiger charge is -2.34. The molecule has 19 heavy (non-hydrogen) atoms. The van der Waals surface area contributed by atoms with Crippen molar-refractivity contribution < 1.29 is 9.47 Å². The first kappa shape index (κ1) is 15.9. The van der Waals surface area contributed by atoms with E-state index < -0.39 is 0 Å². The first-order valence-electron chi connectivity index (χ1n) is 6.71. The molecule has 1 aromatic carbocycles. The zero-order chi connectivity index (χ0) is 14.1. The van der Waals surface area contributed by atoms with E-state index in [0.29, 0.717) is 0 Å². The second kappa shape index (κ2) is 8.86. The van der Waals surface area contributed by atoms with Crippen LogP contribution >= 0.6 is 0 Å². The molecule has 0 aliphatic heterocycles. The SMILES string of the molecule is C=CCN(Cc1ccccc1)C(CC)C(OC)OC. The minimum Gasteiger partial charge on any atom is -0.354 e. The molecular weight excluding hydrogens is 238 g/mol. The molecule has 0 aromatic heterocycles. The second-order valence-electron chi connectivity index (χ2n) is 4.52. The number of methoxy groups -OCH3 is 2. The van der Waals surface area contributed by atoms with E-state index in [0.717, 1.165) is 19.5 Å². The quantitative estimate of drug-likeness (QED) is 0.505. The predicted octanol–water partition coefficient (Wildman–Crippen LogP) is 3.07. The van der Waals surface area contributed by atoms with E-state index in [2.05, 4.69) is 42.7 Å². The monoisotopic (exact) mass is 263 g/mol. The Bertz CT molecular complexity index is 349. The van der Waals surface area contributed by atoms with Gasteiger partial charge in [-0.3, -0.25) is 4.90 Å². The summed E-state index contributed by atoms with van der Waals surface area (Å²) in [6.45, 7) is 7.68. The molecule has 0 amide bonds. The molecule has 3 nitrogen and oxygen atoms in total. The Kier molecular flexibility index (Phi) is 7.41. The van der Waals surface area contributed by atoms with E-state index in [-0.39, 0.29) is 12.3 Å². The van der Waals surface area contributed by atoms with Crippen LogP contribution in [0.4, 0.5) is 0 Å². The van der Waals surface area contributed by atoms with Crippen molar-refractivity contribution in [2.45, 2.75) is 32.2 Å². The lowest BCUT2D eigenvalue weighted by molar-refractivity contribution is -0.147. The third-order valence-corrected chi connectivity index (χ3v) is 3.26. The second-order valence-corrected chi connectivity index (χ2v) is 4.52. The van der Waals surface area contributed by atoms with Crippen molar-refractivity contribution in [1.29, 1.82) is 0 Å². The highest BCUT2D eigenvalue weighted by Crippen LogP contribution is 2.16. The lowest BCUT2D eigenvalue weighted by Crippen LogP contribution is -2.44. The van der Waals surface area contributed by atoms with Crippen molar-refractivity contribution in [1.82, 2.24) is 4.90 Å². The standard InChI is InChI=1S/C16H25NO2/c1-5-12-17(13-14-10-8-7-9-11-14)15(6-2)16(18-3)19-4/h5,7-11,15-16H,1,6,12-13H2,2-4H3. The van der Waals surface area contributed by atoms with Crippen molar-refractivity contribution in [2.24, 2.45) is 0 Å². The summed E-state index contributed by atoms with van der Waals surface area (Å²) in [4.78, 5) is 2.33. The Labute approximate surface area is 116 Å². The summed E-state index contributed by atoms with van der Waals surface area (Å²) in [5, 5.41) is 0. The van der Waals surface area contributed by atoms with E-state index in [4.69, 9.17) is 9.47 Å². The van der Waals surface area contributed by atoms with Gasteiger partial charge in [-0.1, -0.05) is 43.3 Å². The summed E-state index contributed by atoms with van der Waals surface area (Å²) >= 11 is 0. The molecule has 0 bridgehead atoms. The van der Waals surface area contributed by atoms with Crippen LogP contribution in [0.3, 0.4) is 0 Å². The van der Waals surface area contributed by atoms with E-state index >= 15 is 0 Å². The number of hydrogen-bond acceptors (Lipinski definition) is 3. The molecule has 0 heterocycles. The minimum absolute atomic E-state index is 0.214. The van der Waals surface area contributed by atoms with Gasteiger partial charge in [0.2, 0.25) is 0 Å². The fraction of sp³-hybridized carbons (Fsp3) is 0.500. The maximum Gasteiger partial charge on any atom is 0.172 e. The molecule has 0 fully saturated rings. The Balaban J connectivity index is 2.81. The molecule has 0 aliphatic carbocycles. The Morgan fingerprint density at radius 3 is 2.32 bits per heavy atom. The van der Waals surface area contributed by atoms with Crippen LogP contribution in [0.15, 0.2) is 43.0 Å². The normalized spacial score (nSPS) is 12.9. The van der Waals surface area contributed by atoms with Gasteiger partial charge in [-0.05, 0) is 12.0 Å². The van der Waals surface area contributed by atoms with E-state index in [9.17, 15) is 0 Å². The first-order chi connectivity index (χ1) is 9.26. The van der Waals surface area contributed by atoms with Gasteiger partial charge < -0.3 is 9.47 Å². The lowest BCUT2D eigenvalue weighted by atomic mass is 10.1. The highest BCUT2D eigenvalue weighted by atomic mass is 16.7. The zero-order valence-corrected chi connectivity index (χ0v) is 12.2. The van der Waals surface area contributed by atoms with Crippen LogP contribution in [0.25, 0.3) is 0 Å². The molecule has 0 N–H and O–H groups in total. The summed E-state index contributed by atoms with van der Waals surface area (Å²) in [5.74, 6) is 0. The van der Waals surface area contributed by atoms with E-state index in [1.54, 1.807) is 14.2 Å². The third kappa shape index (κ3) is 4.78. The average Bonchev–Trinajstić information content (AvgIpc) is 2.45. The summed E-state index contributed by atoms with van der Waals surface area (Å²) in [6.07, 6.45) is 2.68. The van der Waals surface area contributed by atoms with Crippen LogP contribution in [0.1, 0.15) is 18.9 Å². The van der Waals surface area contributed by atoms with Crippen LogP contribution in [-0.4, -0.2) is 38.0 Å². The fourth-order valence-corrected chi connectivity index (χ4v) is 2.33. The number of rotatable bonds is 9. The molecule has 0 aliphatic rings. The Hall–Kier alpha value is -1.16. The van der Waals surface area contributed by atoms with Crippen LogP contribution in [0.2, 0.25) is 0 Å². The molecule has 0 saturated heterocycles. The highest BCUT2D eigenvalue weighted by Gasteiger charge is 2.25. The summed E-state index contributed by atoms with van der Waals surface area (Å²) in [5.41, 5.74) is 1.29. The summed E-state index contributed by atoms with van der Waals surface area (Å²) in [6, 6.07) is 10.6. The molecule has 1 atom stereocenters. The smallest absolute Gasteiger partial charge is 0.172 e. The molecule has 3 heteroatoms. The average molecular weight is 263 g/mol. The van der Waals surface area contributed by atoms with Gasteiger partial charge in [-0.2, -0.15) is 0 Å². The highest BCUT2D eigenvalue weighted by molar-refractivity contribution is 5.14. The van der Waals surface area contributed by atoms with Crippen LogP contribution in [0.5, 0.6) is 0 Å². The van der Waals surface area contributed by atoms with Crippen LogP contribution in [-0.2, 0) is 16.0 Å². The van der Waals surface area contributed by atoms with Gasteiger partial charge in [0.25, 0.3) is 0 Å². The summed E-state index contributed by atoms with van der Waals surface area (Å²) in [7, 11) is 3.37. The van der Waals surface area contributed by atoms with Crippen molar-refractivity contribution in [3.8, 4) is 0 Å². The number of hydrogen-bond donors (Lipinski definition) is 0. The van der Waals surface area contributed by atoms with Gasteiger partial charge in [0.05, 0.1) is 6.04 Å². The molecular formula is C16H25NO2. The van der Waals surface area contributed by atoms with Crippen molar-refractivity contribution in [3.63, 3.8) is 0 Å². The largest absolute Gasteiger partial charge is 0.354 e. The van der Waals surface area contributed by atoms with Crippen LogP contribution in [0, 0.1) is 0 Å². The minimum atomic E-state index is -0.214. The number of nitrogens with zero attached hydrogens (tertiary/aromatic N) is 1. The molecule has 0 saturated carbocycles. The third-order valence-electron chi connectivity index (χ3n) is 3.26. The Morgan fingerprint density at radius 2 is 1.84 bits per heavy atom. The van der Waals surface area contributed by atoms with Gasteiger partial charge in [0.1, 0.15) is 0 Å². The Morgan fingerprint density at radius 1 is 1.21 bits per heavy atom. The van der Waals surface area contributed by atoms with E-state index in [1.807, 2.05) is 12.1 Å². The van der Waals surface area contributed by atoms with E-state index in [1.165, 1.54) is 5.56 Å². The maximum atomic E-state index is 5.42. The first-order valence-corrected chi connectivity index (χ1v) is 6.71. The van der Waals surface area contributed by atoms with Gasteiger partial charge in [-0.25, -0.2) is 0 Å². The van der Waals surface area contributed by atoms with Crippen molar-refractivity contribution in [3.05, 3.63) is 48.6 Å². The van der Waals surface area contributed by atoms with Crippen molar-refractivity contribution >= 4 is 0 Å². The van der Waals surface area contributed by atoms with Gasteiger partial charge in [0.15, 0.2) is 6.29 Å². The van der Waals surface area contributed by atoms with Gasteiger partial charge >= 0.3 is 0 Å². The fourth-order valence-electron chi connectivity index (χ4n) is 2.33. The topological polar surface area (TPSA) is 21.7 Å². The molecule has 106 valence electrons. The molecule has 1 rings (SSSR count). The number of benzene rings is 1. The van der Waals surface area contributed by atoms with Crippen LogP contribution < -0.4 is 0 Å².